The molecule has 124 valence electrons. The molecule has 3 atom stereocenters. The molecule has 2 unspecified atom stereocenters. The fourth-order valence-electron chi connectivity index (χ4n) is 3.28. The Kier molecular flexibility index (Phi) is 4.29. The molecule has 1 heterocycles. The lowest BCUT2D eigenvalue weighted by Crippen LogP contribution is -2.27. The maximum absolute atomic E-state index is 14.5. The van der Waals surface area contributed by atoms with Crippen LogP contribution in [0.1, 0.15) is 6.42 Å². The minimum absolute atomic E-state index is 0.00842. The molecule has 0 radical (unpaired) electrons. The first kappa shape index (κ1) is 16.2. The molecule has 1 N–H and O–H groups in total. The predicted octanol–water partition coefficient (Wildman–Crippen LogP) is 2.53. The summed E-state index contributed by atoms with van der Waals surface area (Å²) >= 11 is 0. The number of nitrogens with zero attached hydrogens (tertiary/aromatic N) is 1. The Bertz CT molecular complexity index is 740. The molecule has 2 aliphatic rings. The zero-order chi connectivity index (χ0) is 16.6. The molecular weight excluding hydrogens is 317 g/mol. The molecule has 1 aromatic rings. The minimum atomic E-state index is -3.76. The van der Waals surface area contributed by atoms with Crippen LogP contribution in [0.15, 0.2) is 52.3 Å². The van der Waals surface area contributed by atoms with Gasteiger partial charge in [0.15, 0.2) is 0 Å². The highest BCUT2D eigenvalue weighted by molar-refractivity contribution is 7.95. The van der Waals surface area contributed by atoms with Crippen molar-refractivity contribution in [2.45, 2.75) is 17.5 Å². The molecule has 1 saturated heterocycles. The summed E-state index contributed by atoms with van der Waals surface area (Å²) in [6.07, 6.45) is 4.06. The van der Waals surface area contributed by atoms with E-state index in [0.29, 0.717) is 0 Å². The molecule has 0 spiro atoms. The molecule has 23 heavy (non-hydrogen) atoms. The Balaban J connectivity index is 1.82. The number of halogens is 1. The maximum atomic E-state index is 14.5. The highest BCUT2D eigenvalue weighted by Crippen LogP contribution is 2.34. The molecule has 0 bridgehead atoms. The molecule has 0 amide bonds. The van der Waals surface area contributed by atoms with Gasteiger partial charge in [-0.3, -0.25) is 0 Å². The molecule has 3 rings (SSSR count). The van der Waals surface area contributed by atoms with E-state index in [1.54, 1.807) is 6.08 Å². The van der Waals surface area contributed by atoms with Gasteiger partial charge < -0.3 is 10.0 Å². The van der Waals surface area contributed by atoms with Crippen LogP contribution in [0.25, 0.3) is 0 Å². The zero-order valence-corrected chi connectivity index (χ0v) is 13.7. The largest absolute Gasteiger partial charge is 0.508 e. The quantitative estimate of drug-likeness (QED) is 0.921. The third-order valence-corrected chi connectivity index (χ3v) is 6.39. The van der Waals surface area contributed by atoms with Crippen molar-refractivity contribution in [1.82, 2.24) is 4.90 Å². The molecule has 1 aliphatic carbocycles. The van der Waals surface area contributed by atoms with Gasteiger partial charge in [-0.25, -0.2) is 12.8 Å². The van der Waals surface area contributed by atoms with Crippen molar-refractivity contribution in [2.24, 2.45) is 11.8 Å². The summed E-state index contributed by atoms with van der Waals surface area (Å²) in [6.45, 7) is 1.79. The van der Waals surface area contributed by atoms with Crippen molar-refractivity contribution in [1.29, 1.82) is 0 Å². The van der Waals surface area contributed by atoms with Crippen LogP contribution in [0.3, 0.4) is 0 Å². The Labute approximate surface area is 135 Å². The van der Waals surface area contributed by atoms with Gasteiger partial charge in [0.25, 0.3) is 0 Å². The number of phenols is 1. The van der Waals surface area contributed by atoms with Crippen molar-refractivity contribution < 1.29 is 17.9 Å². The van der Waals surface area contributed by atoms with Gasteiger partial charge in [-0.2, -0.15) is 0 Å². The molecular formula is C17H20FNO3S. The topological polar surface area (TPSA) is 57.6 Å². The number of benzene rings is 1. The van der Waals surface area contributed by atoms with E-state index in [4.69, 9.17) is 0 Å². The molecule has 0 saturated carbocycles. The normalized spacial score (nSPS) is 28.8. The van der Waals surface area contributed by atoms with Crippen LogP contribution in [0, 0.1) is 11.8 Å². The van der Waals surface area contributed by atoms with E-state index >= 15 is 0 Å². The van der Waals surface area contributed by atoms with E-state index < -0.39 is 16.0 Å². The Morgan fingerprint density at radius 3 is 2.52 bits per heavy atom. The second kappa shape index (κ2) is 6.09. The first-order valence-corrected chi connectivity index (χ1v) is 9.13. The van der Waals surface area contributed by atoms with Crippen molar-refractivity contribution in [3.63, 3.8) is 0 Å². The van der Waals surface area contributed by atoms with Gasteiger partial charge in [-0.15, -0.1) is 0 Å². The summed E-state index contributed by atoms with van der Waals surface area (Å²) in [7, 11) is -1.75. The molecule has 4 nitrogen and oxygen atoms in total. The molecule has 1 aromatic carbocycles. The molecule has 0 aromatic heterocycles. The summed E-state index contributed by atoms with van der Waals surface area (Å²) in [6, 6.07) is 5.27. The number of alkyl halides is 1. The van der Waals surface area contributed by atoms with E-state index in [2.05, 4.69) is 4.90 Å². The first-order valence-electron chi connectivity index (χ1n) is 7.64. The zero-order valence-electron chi connectivity index (χ0n) is 12.9. The van der Waals surface area contributed by atoms with Crippen molar-refractivity contribution in [3.05, 3.63) is 47.4 Å². The van der Waals surface area contributed by atoms with E-state index in [9.17, 15) is 17.9 Å². The van der Waals surface area contributed by atoms with E-state index in [1.807, 2.05) is 7.05 Å². The lowest BCUT2D eigenvalue weighted by atomic mass is 9.85. The fraction of sp³-hybridized carbons (Fsp3) is 0.412. The Morgan fingerprint density at radius 2 is 1.96 bits per heavy atom. The monoisotopic (exact) mass is 337 g/mol. The number of aromatic hydroxyl groups is 1. The number of allylic oxidation sites excluding steroid dienone is 3. The third-order valence-electron chi connectivity index (χ3n) is 4.60. The smallest absolute Gasteiger partial charge is 0.206 e. The SMILES string of the molecule is CN1CC[C@@H](C2C=CC(S(=O)(=O)c3ccc(O)cc3)=CC2F)C1. The van der Waals surface area contributed by atoms with E-state index in [0.717, 1.165) is 19.5 Å². The highest BCUT2D eigenvalue weighted by Gasteiger charge is 2.34. The number of likely N-dealkylation sites (tertiary alicyclic amines) is 1. The molecule has 1 fully saturated rings. The second-order valence-corrected chi connectivity index (χ2v) is 8.21. The van der Waals surface area contributed by atoms with Gasteiger partial charge in [-0.05, 0) is 62.3 Å². The van der Waals surface area contributed by atoms with Gasteiger partial charge >= 0.3 is 0 Å². The number of hydrogen-bond acceptors (Lipinski definition) is 4. The van der Waals surface area contributed by atoms with Crippen LogP contribution in [0.2, 0.25) is 0 Å². The lowest BCUT2D eigenvalue weighted by Gasteiger charge is -2.25. The summed E-state index contributed by atoms with van der Waals surface area (Å²) in [5.74, 6) is -0.0509. The van der Waals surface area contributed by atoms with Gasteiger partial charge in [0.05, 0.1) is 9.80 Å². The summed E-state index contributed by atoms with van der Waals surface area (Å²) in [5, 5.41) is 9.26. The summed E-state index contributed by atoms with van der Waals surface area (Å²) in [5.41, 5.74) is 0. The second-order valence-electron chi connectivity index (χ2n) is 6.26. The van der Waals surface area contributed by atoms with Crippen LogP contribution < -0.4 is 0 Å². The van der Waals surface area contributed by atoms with Crippen LogP contribution in [0.5, 0.6) is 5.75 Å². The average Bonchev–Trinajstić information content (AvgIpc) is 2.94. The first-order chi connectivity index (χ1) is 10.9. The average molecular weight is 337 g/mol. The standard InChI is InChI=1S/C17H20FNO3S/c1-19-9-8-12(11-19)16-7-6-15(10-17(16)18)23(21,22)14-4-2-13(20)3-5-14/h2-7,10,12,16-17,20H,8-9,11H2,1H3/t12-,16?,17?/m1/s1. The highest BCUT2D eigenvalue weighted by atomic mass is 32.2. The van der Waals surface area contributed by atoms with Crippen LogP contribution in [-0.4, -0.2) is 44.7 Å². The Hall–Kier alpha value is -1.66. The van der Waals surface area contributed by atoms with Gasteiger partial charge in [0.1, 0.15) is 11.9 Å². The van der Waals surface area contributed by atoms with Crippen LogP contribution >= 0.6 is 0 Å². The summed E-state index contributed by atoms with van der Waals surface area (Å²) < 4.78 is 39.6. The number of sulfone groups is 1. The number of rotatable bonds is 3. The number of phenolic OH excluding ortho intramolecular Hbond substituents is 1. The van der Waals surface area contributed by atoms with Gasteiger partial charge in [0, 0.05) is 12.5 Å². The maximum Gasteiger partial charge on any atom is 0.206 e. The Morgan fingerprint density at radius 1 is 1.26 bits per heavy atom. The number of hydrogen-bond donors (Lipinski definition) is 1. The van der Waals surface area contributed by atoms with Crippen LogP contribution in [-0.2, 0) is 9.84 Å². The van der Waals surface area contributed by atoms with Crippen LogP contribution in [0.4, 0.5) is 4.39 Å². The van der Waals surface area contributed by atoms with E-state index in [1.165, 1.54) is 36.4 Å². The lowest BCUT2D eigenvalue weighted by molar-refractivity contribution is 0.242. The van der Waals surface area contributed by atoms with Crippen molar-refractivity contribution in [3.8, 4) is 5.75 Å². The molecule has 1 aliphatic heterocycles. The van der Waals surface area contributed by atoms with Crippen molar-refractivity contribution in [2.75, 3.05) is 20.1 Å². The van der Waals surface area contributed by atoms with Crippen molar-refractivity contribution >= 4 is 9.84 Å². The predicted molar refractivity (Wildman–Crippen MR) is 86.5 cm³/mol. The van der Waals surface area contributed by atoms with E-state index in [-0.39, 0.29) is 27.4 Å². The van der Waals surface area contributed by atoms with Gasteiger partial charge in [-0.1, -0.05) is 6.08 Å². The summed E-state index contributed by atoms with van der Waals surface area (Å²) in [4.78, 5) is 2.20. The van der Waals surface area contributed by atoms with Gasteiger partial charge in [0.2, 0.25) is 9.84 Å². The molecule has 6 heteroatoms. The minimum Gasteiger partial charge on any atom is -0.508 e. The fourth-order valence-corrected chi connectivity index (χ4v) is 4.61. The third kappa shape index (κ3) is 3.19.